The van der Waals surface area contributed by atoms with E-state index in [-0.39, 0.29) is 36.3 Å². The highest BCUT2D eigenvalue weighted by molar-refractivity contribution is 6.32. The van der Waals surface area contributed by atoms with Gasteiger partial charge in [0.15, 0.2) is 17.3 Å². The number of benzene rings is 2. The molecule has 1 heterocycles. The van der Waals surface area contributed by atoms with Crippen molar-refractivity contribution in [1.29, 1.82) is 0 Å². The van der Waals surface area contributed by atoms with Gasteiger partial charge in [-0.1, -0.05) is 42.3 Å². The number of rotatable bonds is 10. The molecule has 2 unspecified atom stereocenters. The van der Waals surface area contributed by atoms with Crippen molar-refractivity contribution in [2.45, 2.75) is 58.1 Å². The Bertz CT molecular complexity index is 1140. The Morgan fingerprint density at radius 3 is 2.65 bits per heavy atom. The number of nitrogens with zero attached hydrogens (tertiary/aromatic N) is 1. The number of morpholine rings is 1. The molecule has 0 bridgehead atoms. The van der Waals surface area contributed by atoms with Gasteiger partial charge < -0.3 is 24.4 Å². The summed E-state index contributed by atoms with van der Waals surface area (Å²) in [6, 6.07) is 13.0. The smallest absolute Gasteiger partial charge is 0.289 e. The minimum absolute atomic E-state index is 0.00328. The minimum atomic E-state index is -0.272. The topological polar surface area (TPSA) is 77.1 Å². The number of ether oxygens (including phenoxy) is 3. The fourth-order valence-corrected chi connectivity index (χ4v) is 5.09. The van der Waals surface area contributed by atoms with Crippen LogP contribution in [0.3, 0.4) is 0 Å². The first-order chi connectivity index (χ1) is 18.0. The molecule has 0 spiro atoms. The summed E-state index contributed by atoms with van der Waals surface area (Å²) in [7, 11) is 0. The van der Waals surface area contributed by atoms with Crippen molar-refractivity contribution in [2.75, 3.05) is 26.3 Å². The van der Waals surface area contributed by atoms with Gasteiger partial charge in [0, 0.05) is 11.6 Å². The van der Waals surface area contributed by atoms with Crippen molar-refractivity contribution in [3.63, 3.8) is 0 Å². The number of nitrogens with one attached hydrogen (secondary N) is 1. The number of halogens is 1. The molecule has 2 amide bonds. The van der Waals surface area contributed by atoms with Crippen LogP contribution < -0.4 is 14.8 Å². The van der Waals surface area contributed by atoms with E-state index in [1.54, 1.807) is 17.0 Å². The lowest BCUT2D eigenvalue weighted by atomic mass is 9.89. The fraction of sp³-hybridized carbons (Fsp3) is 0.448. The van der Waals surface area contributed by atoms with Crippen molar-refractivity contribution >= 4 is 29.5 Å². The third-order valence-corrected chi connectivity index (χ3v) is 7.01. The van der Waals surface area contributed by atoms with E-state index in [0.29, 0.717) is 48.3 Å². The van der Waals surface area contributed by atoms with Crippen LogP contribution in [-0.2, 0) is 20.7 Å². The first-order valence-electron chi connectivity index (χ1n) is 13.1. The normalized spacial score (nSPS) is 20.2. The van der Waals surface area contributed by atoms with Gasteiger partial charge in [0.2, 0.25) is 5.91 Å². The molecule has 2 fully saturated rings. The van der Waals surface area contributed by atoms with E-state index in [1.165, 1.54) is 0 Å². The van der Waals surface area contributed by atoms with E-state index < -0.39 is 0 Å². The Balaban J connectivity index is 1.40. The van der Waals surface area contributed by atoms with Gasteiger partial charge >= 0.3 is 0 Å². The van der Waals surface area contributed by atoms with Crippen LogP contribution in [0.15, 0.2) is 48.2 Å². The molecule has 2 aromatic rings. The molecule has 4 rings (SSSR count). The Morgan fingerprint density at radius 1 is 1.11 bits per heavy atom. The van der Waals surface area contributed by atoms with Gasteiger partial charge in [0.05, 0.1) is 19.3 Å². The Morgan fingerprint density at radius 2 is 1.86 bits per heavy atom. The van der Waals surface area contributed by atoms with Crippen molar-refractivity contribution < 1.29 is 23.8 Å². The van der Waals surface area contributed by atoms with E-state index in [4.69, 9.17) is 25.8 Å². The number of carbonyl (C=O) groups excluding carboxylic acids is 2. The molecule has 0 aromatic heterocycles. The summed E-state index contributed by atoms with van der Waals surface area (Å²) in [4.78, 5) is 28.0. The average Bonchev–Trinajstić information content (AvgIpc) is 2.89. The van der Waals surface area contributed by atoms with E-state index in [0.717, 1.165) is 31.2 Å². The van der Waals surface area contributed by atoms with Crippen LogP contribution in [0, 0.1) is 0 Å². The maximum atomic E-state index is 13.4. The highest BCUT2D eigenvalue weighted by Crippen LogP contribution is 2.34. The van der Waals surface area contributed by atoms with Crippen molar-refractivity contribution in [3.8, 4) is 11.5 Å². The largest absolute Gasteiger partial charge is 0.490 e. The van der Waals surface area contributed by atoms with E-state index in [9.17, 15) is 9.59 Å². The third kappa shape index (κ3) is 6.77. The molecule has 7 nitrogen and oxygen atoms in total. The number of fused-ring (bicyclic) bond motifs is 1. The Kier molecular flexibility index (Phi) is 9.34. The zero-order valence-electron chi connectivity index (χ0n) is 21.5. The molecule has 37 heavy (non-hydrogen) atoms. The average molecular weight is 527 g/mol. The lowest BCUT2D eigenvalue weighted by Gasteiger charge is -2.44. The van der Waals surface area contributed by atoms with E-state index in [2.05, 4.69) is 5.32 Å². The van der Waals surface area contributed by atoms with Gasteiger partial charge in [0.1, 0.15) is 12.6 Å². The predicted molar refractivity (Wildman–Crippen MR) is 144 cm³/mol. The standard InChI is InChI=1S/C29H35ClN2O5/c1-3-35-25-14-13-20(17-26(25)36-4-2)15-16-31-28(33)19-32-23-11-7-8-12-24(23)37-27(29(32)34)18-21-9-5-6-10-22(21)30/h5-6,9-10,13-14,17-18,23-24H,3-4,7-8,11-12,15-16,19H2,1-2H3,(H,31,33)/b27-18+. The van der Waals surface area contributed by atoms with Crippen molar-refractivity contribution in [1.82, 2.24) is 10.2 Å². The predicted octanol–water partition coefficient (Wildman–Crippen LogP) is 5.01. The van der Waals surface area contributed by atoms with Gasteiger partial charge in [-0.3, -0.25) is 9.59 Å². The monoisotopic (exact) mass is 526 g/mol. The molecule has 1 N–H and O–H groups in total. The molecule has 1 saturated carbocycles. The fourth-order valence-electron chi connectivity index (χ4n) is 4.90. The number of amides is 2. The number of carbonyl (C=O) groups is 2. The third-order valence-electron chi connectivity index (χ3n) is 6.67. The summed E-state index contributed by atoms with van der Waals surface area (Å²) >= 11 is 6.30. The number of hydrogen-bond acceptors (Lipinski definition) is 5. The maximum absolute atomic E-state index is 13.4. The maximum Gasteiger partial charge on any atom is 0.289 e. The van der Waals surface area contributed by atoms with Crippen LogP contribution in [0.1, 0.15) is 50.7 Å². The molecule has 1 aliphatic heterocycles. The zero-order chi connectivity index (χ0) is 26.2. The molecule has 8 heteroatoms. The summed E-state index contributed by atoms with van der Waals surface area (Å²) < 4.78 is 17.4. The first-order valence-corrected chi connectivity index (χ1v) is 13.5. The molecule has 1 aliphatic carbocycles. The summed E-state index contributed by atoms with van der Waals surface area (Å²) in [6.07, 6.45) is 5.95. The van der Waals surface area contributed by atoms with Gasteiger partial charge in [-0.2, -0.15) is 0 Å². The quantitative estimate of drug-likeness (QED) is 0.440. The molecule has 2 aliphatic rings. The summed E-state index contributed by atoms with van der Waals surface area (Å²) in [6.45, 7) is 5.42. The Labute approximate surface area is 223 Å². The minimum Gasteiger partial charge on any atom is -0.490 e. The second-order valence-electron chi connectivity index (χ2n) is 9.22. The summed E-state index contributed by atoms with van der Waals surface area (Å²) in [5, 5.41) is 3.52. The highest BCUT2D eigenvalue weighted by atomic mass is 35.5. The zero-order valence-corrected chi connectivity index (χ0v) is 22.3. The van der Waals surface area contributed by atoms with Gasteiger partial charge in [-0.05, 0) is 74.9 Å². The summed E-state index contributed by atoms with van der Waals surface area (Å²) in [5.41, 5.74) is 1.75. The van der Waals surface area contributed by atoms with E-state index >= 15 is 0 Å². The Hall–Kier alpha value is -3.19. The van der Waals surface area contributed by atoms with Gasteiger partial charge in [0.25, 0.3) is 5.91 Å². The first kappa shape index (κ1) is 26.9. The second kappa shape index (κ2) is 12.9. The molecule has 2 aromatic carbocycles. The molecule has 0 radical (unpaired) electrons. The number of hydrogen-bond donors (Lipinski definition) is 1. The van der Waals surface area contributed by atoms with E-state index in [1.807, 2.05) is 50.2 Å². The molecule has 1 saturated heterocycles. The molecular formula is C29H35ClN2O5. The van der Waals surface area contributed by atoms with Crippen LogP contribution in [0.4, 0.5) is 0 Å². The van der Waals surface area contributed by atoms with Gasteiger partial charge in [-0.25, -0.2) is 0 Å². The van der Waals surface area contributed by atoms with Crippen LogP contribution in [0.25, 0.3) is 6.08 Å². The summed E-state index contributed by atoms with van der Waals surface area (Å²) in [5.74, 6) is 1.19. The highest BCUT2D eigenvalue weighted by Gasteiger charge is 2.42. The lowest BCUT2D eigenvalue weighted by molar-refractivity contribution is -0.151. The molecular weight excluding hydrogens is 492 g/mol. The second-order valence-corrected chi connectivity index (χ2v) is 9.63. The van der Waals surface area contributed by atoms with Crippen LogP contribution >= 0.6 is 11.6 Å². The van der Waals surface area contributed by atoms with Crippen molar-refractivity contribution in [2.24, 2.45) is 0 Å². The lowest BCUT2D eigenvalue weighted by Crippen LogP contribution is -2.57. The van der Waals surface area contributed by atoms with Gasteiger partial charge in [-0.15, -0.1) is 0 Å². The van der Waals surface area contributed by atoms with Crippen LogP contribution in [0.2, 0.25) is 5.02 Å². The van der Waals surface area contributed by atoms with Crippen LogP contribution in [0.5, 0.6) is 11.5 Å². The van der Waals surface area contributed by atoms with Crippen molar-refractivity contribution in [3.05, 3.63) is 64.4 Å². The SMILES string of the molecule is CCOc1ccc(CCNC(=O)CN2C(=O)/C(=C\c3ccccc3Cl)OC3CCCCC32)cc1OCC. The van der Waals surface area contributed by atoms with Crippen LogP contribution in [-0.4, -0.2) is 55.2 Å². The molecule has 198 valence electrons. The molecule has 2 atom stereocenters.